The number of hydrogen-bond donors (Lipinski definition) is 1. The maximum Gasteiger partial charge on any atom is 0.261 e. The minimum Gasteiger partial charge on any atom is -0.497 e. The van der Waals surface area contributed by atoms with Gasteiger partial charge in [0.25, 0.3) is 5.91 Å². The van der Waals surface area contributed by atoms with Crippen molar-refractivity contribution >= 4 is 17.4 Å². The Morgan fingerprint density at radius 2 is 1.85 bits per heavy atom. The Labute approximate surface area is 154 Å². The standard InChI is InChI=1S/C20H16F2N2O3/c1-27-13-5-2-4-12(10-13)11-17(25)19-16(8-9-23-19)24-20(26)18-14(21)6-3-7-15(18)22/h2-8,10H,9,11H2,1H3,(H,24,26). The Bertz CT molecular complexity index is 947. The van der Waals surface area contributed by atoms with Crippen molar-refractivity contribution in [3.8, 4) is 5.75 Å². The number of nitrogens with one attached hydrogen (secondary N) is 1. The van der Waals surface area contributed by atoms with Crippen molar-refractivity contribution in [3.63, 3.8) is 0 Å². The van der Waals surface area contributed by atoms with E-state index in [0.717, 1.165) is 17.7 Å². The first kappa shape index (κ1) is 18.4. The van der Waals surface area contributed by atoms with E-state index in [1.54, 1.807) is 24.3 Å². The van der Waals surface area contributed by atoms with Crippen LogP contribution in [0.15, 0.2) is 59.2 Å². The van der Waals surface area contributed by atoms with Gasteiger partial charge in [-0.05, 0) is 35.9 Å². The second kappa shape index (κ2) is 7.90. The number of amides is 1. The third-order valence-electron chi connectivity index (χ3n) is 4.00. The summed E-state index contributed by atoms with van der Waals surface area (Å²) in [6.45, 7) is 0.203. The van der Waals surface area contributed by atoms with Gasteiger partial charge in [0.1, 0.15) is 28.7 Å². The highest BCUT2D eigenvalue weighted by Gasteiger charge is 2.24. The van der Waals surface area contributed by atoms with Crippen LogP contribution >= 0.6 is 0 Å². The van der Waals surface area contributed by atoms with Crippen molar-refractivity contribution in [2.75, 3.05) is 13.7 Å². The number of allylic oxidation sites excluding steroid dienone is 1. The van der Waals surface area contributed by atoms with Crippen LogP contribution < -0.4 is 10.1 Å². The molecule has 5 nitrogen and oxygen atoms in total. The molecule has 138 valence electrons. The largest absolute Gasteiger partial charge is 0.497 e. The number of carbonyl (C=O) groups excluding carboxylic acids is 2. The highest BCUT2D eigenvalue weighted by Crippen LogP contribution is 2.16. The predicted molar refractivity (Wildman–Crippen MR) is 95.9 cm³/mol. The Morgan fingerprint density at radius 3 is 2.56 bits per heavy atom. The normalized spacial score (nSPS) is 13.0. The molecule has 0 aliphatic carbocycles. The molecular formula is C20H16F2N2O3. The van der Waals surface area contributed by atoms with E-state index in [1.807, 2.05) is 0 Å². The van der Waals surface area contributed by atoms with Crippen molar-refractivity contribution in [2.24, 2.45) is 4.99 Å². The summed E-state index contributed by atoms with van der Waals surface area (Å²) in [7, 11) is 1.53. The first-order chi connectivity index (χ1) is 13.0. The maximum atomic E-state index is 13.8. The number of benzene rings is 2. The molecule has 0 spiro atoms. The van der Waals surface area contributed by atoms with Crippen molar-refractivity contribution < 1.29 is 23.1 Å². The fraction of sp³-hybridized carbons (Fsp3) is 0.150. The van der Waals surface area contributed by atoms with E-state index in [1.165, 1.54) is 19.3 Å². The number of carbonyl (C=O) groups is 2. The summed E-state index contributed by atoms with van der Waals surface area (Å²) in [5.74, 6) is -2.63. The van der Waals surface area contributed by atoms with Gasteiger partial charge in [-0.3, -0.25) is 14.6 Å². The fourth-order valence-electron chi connectivity index (χ4n) is 2.71. The molecule has 1 aliphatic heterocycles. The Balaban J connectivity index is 1.73. The van der Waals surface area contributed by atoms with Gasteiger partial charge >= 0.3 is 0 Å². The number of methoxy groups -OCH3 is 1. The molecule has 3 rings (SSSR count). The smallest absolute Gasteiger partial charge is 0.261 e. The number of hydrogen-bond acceptors (Lipinski definition) is 4. The van der Waals surface area contributed by atoms with Gasteiger partial charge in [-0.2, -0.15) is 0 Å². The zero-order valence-corrected chi connectivity index (χ0v) is 14.5. The van der Waals surface area contributed by atoms with Gasteiger partial charge in [-0.15, -0.1) is 0 Å². The number of ether oxygens (including phenoxy) is 1. The average Bonchev–Trinajstić information content (AvgIpc) is 3.10. The van der Waals surface area contributed by atoms with Gasteiger partial charge in [0, 0.05) is 6.42 Å². The molecule has 0 atom stereocenters. The van der Waals surface area contributed by atoms with Gasteiger partial charge in [-0.1, -0.05) is 18.2 Å². The zero-order valence-electron chi connectivity index (χ0n) is 14.5. The number of rotatable bonds is 6. The van der Waals surface area contributed by atoms with E-state index >= 15 is 0 Å². The Morgan fingerprint density at radius 1 is 1.15 bits per heavy atom. The molecule has 1 amide bonds. The number of Topliss-reactive ketones (excluding diaryl/α,β-unsaturated/α-hetero) is 1. The lowest BCUT2D eigenvalue weighted by atomic mass is 10.0. The molecule has 7 heteroatoms. The topological polar surface area (TPSA) is 67.8 Å². The molecule has 27 heavy (non-hydrogen) atoms. The van der Waals surface area contributed by atoms with Gasteiger partial charge in [0.2, 0.25) is 0 Å². The zero-order chi connectivity index (χ0) is 19.4. The summed E-state index contributed by atoms with van der Waals surface area (Å²) >= 11 is 0. The van der Waals surface area contributed by atoms with E-state index in [2.05, 4.69) is 10.3 Å². The van der Waals surface area contributed by atoms with Crippen LogP contribution in [-0.2, 0) is 11.2 Å². The molecule has 0 radical (unpaired) electrons. The van der Waals surface area contributed by atoms with Gasteiger partial charge in [-0.25, -0.2) is 8.78 Å². The lowest BCUT2D eigenvalue weighted by Gasteiger charge is -2.10. The molecule has 0 fully saturated rings. The highest BCUT2D eigenvalue weighted by molar-refractivity contribution is 6.47. The first-order valence-electron chi connectivity index (χ1n) is 8.16. The van der Waals surface area contributed by atoms with Gasteiger partial charge in [0.15, 0.2) is 5.78 Å². The van der Waals surface area contributed by atoms with Crippen molar-refractivity contribution in [3.05, 3.63) is 77.0 Å². The SMILES string of the molecule is COc1cccc(CC(=O)C2=NCC=C2NC(=O)c2c(F)cccc2F)c1. The number of ketones is 1. The van der Waals surface area contributed by atoms with Crippen LogP contribution in [-0.4, -0.2) is 31.1 Å². The van der Waals surface area contributed by atoms with Crippen LogP contribution in [0.25, 0.3) is 0 Å². The van der Waals surface area contributed by atoms with Crippen molar-refractivity contribution in [1.29, 1.82) is 0 Å². The summed E-state index contributed by atoms with van der Waals surface area (Å²) in [4.78, 5) is 28.9. The van der Waals surface area contributed by atoms with Crippen LogP contribution in [0.3, 0.4) is 0 Å². The van der Waals surface area contributed by atoms with Gasteiger partial charge < -0.3 is 10.1 Å². The summed E-state index contributed by atoms with van der Waals surface area (Å²) in [5, 5.41) is 2.38. The molecule has 0 saturated heterocycles. The van der Waals surface area contributed by atoms with E-state index in [9.17, 15) is 18.4 Å². The average molecular weight is 370 g/mol. The van der Waals surface area contributed by atoms with Crippen LogP contribution in [0.2, 0.25) is 0 Å². The second-order valence-electron chi connectivity index (χ2n) is 5.81. The molecule has 1 N–H and O–H groups in total. The molecule has 2 aromatic rings. The first-order valence-corrected chi connectivity index (χ1v) is 8.16. The molecule has 1 aliphatic rings. The minimum absolute atomic E-state index is 0.0529. The summed E-state index contributed by atoms with van der Waals surface area (Å²) in [6.07, 6.45) is 1.58. The Hall–Kier alpha value is -3.35. The molecule has 0 unspecified atom stereocenters. The third kappa shape index (κ3) is 4.08. The van der Waals surface area contributed by atoms with E-state index < -0.39 is 23.1 Å². The monoisotopic (exact) mass is 370 g/mol. The second-order valence-corrected chi connectivity index (χ2v) is 5.81. The van der Waals surface area contributed by atoms with Crippen LogP contribution in [0.4, 0.5) is 8.78 Å². The minimum atomic E-state index is -0.979. The predicted octanol–water partition coefficient (Wildman–Crippen LogP) is 2.85. The highest BCUT2D eigenvalue weighted by atomic mass is 19.1. The number of nitrogens with zero attached hydrogens (tertiary/aromatic N) is 1. The van der Waals surface area contributed by atoms with Gasteiger partial charge in [0.05, 0.1) is 19.4 Å². The maximum absolute atomic E-state index is 13.8. The molecule has 0 bridgehead atoms. The number of aliphatic imine (C=N–C) groups is 1. The van der Waals surface area contributed by atoms with E-state index in [4.69, 9.17) is 4.74 Å². The molecule has 0 aromatic heterocycles. The lowest BCUT2D eigenvalue weighted by Crippen LogP contribution is -2.31. The Kier molecular flexibility index (Phi) is 5.40. The number of halogens is 2. The third-order valence-corrected chi connectivity index (χ3v) is 4.00. The molecule has 1 heterocycles. The van der Waals surface area contributed by atoms with E-state index in [-0.39, 0.29) is 30.2 Å². The fourth-order valence-corrected chi connectivity index (χ4v) is 2.71. The van der Waals surface area contributed by atoms with E-state index in [0.29, 0.717) is 5.75 Å². The quantitative estimate of drug-likeness (QED) is 0.850. The molecular weight excluding hydrogens is 354 g/mol. The molecule has 2 aromatic carbocycles. The lowest BCUT2D eigenvalue weighted by molar-refractivity contribution is -0.112. The summed E-state index contributed by atoms with van der Waals surface area (Å²) in [5.41, 5.74) is 0.239. The van der Waals surface area contributed by atoms with Crippen LogP contribution in [0.1, 0.15) is 15.9 Å². The van der Waals surface area contributed by atoms with Crippen LogP contribution in [0, 0.1) is 11.6 Å². The van der Waals surface area contributed by atoms with Crippen molar-refractivity contribution in [2.45, 2.75) is 6.42 Å². The molecule has 0 saturated carbocycles. The van der Waals surface area contributed by atoms with Crippen molar-refractivity contribution in [1.82, 2.24) is 5.32 Å². The van der Waals surface area contributed by atoms with Crippen LogP contribution in [0.5, 0.6) is 5.75 Å². The summed E-state index contributed by atoms with van der Waals surface area (Å²) < 4.78 is 32.6. The summed E-state index contributed by atoms with van der Waals surface area (Å²) in [6, 6.07) is 10.2.